The fourth-order valence-electron chi connectivity index (χ4n) is 2.31. The average Bonchev–Trinajstić information content (AvgIpc) is 2.28. The SMILES string of the molecule is COc1ccc(C2(C(C)(C)C(=O)O)COC2)cc1. The van der Waals surface area contributed by atoms with Crippen LogP contribution in [0.1, 0.15) is 19.4 Å². The van der Waals surface area contributed by atoms with Gasteiger partial charge in [0.25, 0.3) is 0 Å². The molecule has 1 heterocycles. The van der Waals surface area contributed by atoms with Crippen LogP contribution in [0.5, 0.6) is 5.75 Å². The third-order valence-corrected chi connectivity index (χ3v) is 4.07. The summed E-state index contributed by atoms with van der Waals surface area (Å²) in [5.41, 5.74) is -0.327. The number of ether oxygens (including phenoxy) is 2. The van der Waals surface area contributed by atoms with Gasteiger partial charge in [-0.1, -0.05) is 12.1 Å². The summed E-state index contributed by atoms with van der Waals surface area (Å²) >= 11 is 0. The first-order chi connectivity index (χ1) is 8.44. The predicted molar refractivity (Wildman–Crippen MR) is 66.9 cm³/mol. The first-order valence-electron chi connectivity index (χ1n) is 5.90. The summed E-state index contributed by atoms with van der Waals surface area (Å²) in [5, 5.41) is 9.42. The molecular weight excluding hydrogens is 232 g/mol. The summed E-state index contributed by atoms with van der Waals surface area (Å²) in [6, 6.07) is 7.55. The highest BCUT2D eigenvalue weighted by Gasteiger charge is 2.56. The number of aliphatic carboxylic acids is 1. The van der Waals surface area contributed by atoms with Crippen LogP contribution in [0.25, 0.3) is 0 Å². The highest BCUT2D eigenvalue weighted by atomic mass is 16.5. The van der Waals surface area contributed by atoms with Crippen molar-refractivity contribution in [2.45, 2.75) is 19.3 Å². The Morgan fingerprint density at radius 2 is 1.89 bits per heavy atom. The van der Waals surface area contributed by atoms with Crippen LogP contribution in [0.3, 0.4) is 0 Å². The molecule has 1 fully saturated rings. The van der Waals surface area contributed by atoms with Crippen molar-refractivity contribution in [1.82, 2.24) is 0 Å². The molecule has 0 radical (unpaired) electrons. The number of carbonyl (C=O) groups is 1. The zero-order valence-corrected chi connectivity index (χ0v) is 10.9. The molecule has 0 aromatic heterocycles. The standard InChI is InChI=1S/C14H18O4/c1-13(2,12(15)16)14(8-18-9-14)10-4-6-11(17-3)7-5-10/h4-7H,8-9H2,1-3H3,(H,15,16). The van der Waals surface area contributed by atoms with Gasteiger partial charge in [0, 0.05) is 0 Å². The smallest absolute Gasteiger partial charge is 0.310 e. The number of rotatable bonds is 4. The van der Waals surface area contributed by atoms with Gasteiger partial charge in [-0.2, -0.15) is 0 Å². The molecule has 0 saturated carbocycles. The fraction of sp³-hybridized carbons (Fsp3) is 0.500. The van der Waals surface area contributed by atoms with Crippen LogP contribution in [-0.2, 0) is 14.9 Å². The highest BCUT2D eigenvalue weighted by Crippen LogP contribution is 2.47. The van der Waals surface area contributed by atoms with E-state index in [1.165, 1.54) is 0 Å². The van der Waals surface area contributed by atoms with Gasteiger partial charge >= 0.3 is 5.97 Å². The minimum Gasteiger partial charge on any atom is -0.497 e. The molecule has 0 unspecified atom stereocenters. The maximum Gasteiger partial charge on any atom is 0.310 e. The van der Waals surface area contributed by atoms with E-state index in [0.717, 1.165) is 11.3 Å². The van der Waals surface area contributed by atoms with Crippen LogP contribution in [0.2, 0.25) is 0 Å². The maximum atomic E-state index is 11.5. The van der Waals surface area contributed by atoms with E-state index in [4.69, 9.17) is 9.47 Å². The van der Waals surface area contributed by atoms with Gasteiger partial charge in [0.1, 0.15) is 5.75 Å². The van der Waals surface area contributed by atoms with E-state index >= 15 is 0 Å². The van der Waals surface area contributed by atoms with Crippen molar-refractivity contribution >= 4 is 5.97 Å². The van der Waals surface area contributed by atoms with Gasteiger partial charge in [-0.3, -0.25) is 4.79 Å². The van der Waals surface area contributed by atoms with E-state index in [0.29, 0.717) is 13.2 Å². The maximum absolute atomic E-state index is 11.5. The quantitative estimate of drug-likeness (QED) is 0.888. The second kappa shape index (κ2) is 4.28. The molecule has 1 saturated heterocycles. The number of carboxylic acid groups (broad SMARTS) is 1. The Balaban J connectivity index is 2.41. The van der Waals surface area contributed by atoms with Gasteiger partial charge in [-0.15, -0.1) is 0 Å². The fourth-order valence-corrected chi connectivity index (χ4v) is 2.31. The van der Waals surface area contributed by atoms with Gasteiger partial charge in [0.05, 0.1) is 31.2 Å². The molecule has 0 aliphatic carbocycles. The van der Waals surface area contributed by atoms with Crippen LogP contribution in [0, 0.1) is 5.41 Å². The van der Waals surface area contributed by atoms with Crippen molar-refractivity contribution in [3.63, 3.8) is 0 Å². The Morgan fingerprint density at radius 3 is 2.22 bits per heavy atom. The summed E-state index contributed by atoms with van der Waals surface area (Å²) in [4.78, 5) is 11.5. The molecule has 1 aliphatic rings. The lowest BCUT2D eigenvalue weighted by Gasteiger charge is -2.50. The van der Waals surface area contributed by atoms with Crippen molar-refractivity contribution in [2.75, 3.05) is 20.3 Å². The molecular formula is C14H18O4. The summed E-state index contributed by atoms with van der Waals surface area (Å²) < 4.78 is 10.4. The molecule has 0 amide bonds. The lowest BCUT2D eigenvalue weighted by molar-refractivity contribution is -0.171. The normalized spacial score (nSPS) is 17.9. The van der Waals surface area contributed by atoms with E-state index in [2.05, 4.69) is 0 Å². The van der Waals surface area contributed by atoms with Crippen LogP contribution in [0.15, 0.2) is 24.3 Å². The topological polar surface area (TPSA) is 55.8 Å². The van der Waals surface area contributed by atoms with E-state index in [9.17, 15) is 9.90 Å². The number of benzene rings is 1. The van der Waals surface area contributed by atoms with Gasteiger partial charge in [0.2, 0.25) is 0 Å². The lowest BCUT2D eigenvalue weighted by atomic mass is 9.60. The van der Waals surface area contributed by atoms with E-state index < -0.39 is 16.8 Å². The Morgan fingerprint density at radius 1 is 1.33 bits per heavy atom. The van der Waals surface area contributed by atoms with Gasteiger partial charge in [-0.05, 0) is 31.5 Å². The minimum atomic E-state index is -0.861. The molecule has 2 rings (SSSR count). The number of hydrogen-bond acceptors (Lipinski definition) is 3. The van der Waals surface area contributed by atoms with E-state index in [1.54, 1.807) is 21.0 Å². The summed E-state index contributed by atoms with van der Waals surface area (Å²) in [6.45, 7) is 4.39. The molecule has 0 atom stereocenters. The van der Waals surface area contributed by atoms with Gasteiger partial charge < -0.3 is 14.6 Å². The molecule has 0 spiro atoms. The van der Waals surface area contributed by atoms with Crippen LogP contribution >= 0.6 is 0 Å². The summed E-state index contributed by atoms with van der Waals surface area (Å²) in [5.74, 6) is -0.0381. The lowest BCUT2D eigenvalue weighted by Crippen LogP contribution is -2.59. The third-order valence-electron chi connectivity index (χ3n) is 4.07. The summed E-state index contributed by atoms with van der Waals surface area (Å²) in [6.07, 6.45) is 0. The molecule has 4 nitrogen and oxygen atoms in total. The number of hydrogen-bond donors (Lipinski definition) is 1. The molecule has 0 bridgehead atoms. The monoisotopic (exact) mass is 250 g/mol. The largest absolute Gasteiger partial charge is 0.497 e. The first-order valence-corrected chi connectivity index (χ1v) is 5.90. The molecule has 4 heteroatoms. The first kappa shape index (κ1) is 12.9. The second-order valence-electron chi connectivity index (χ2n) is 5.23. The average molecular weight is 250 g/mol. The number of carboxylic acids is 1. The van der Waals surface area contributed by atoms with Crippen molar-refractivity contribution in [3.05, 3.63) is 29.8 Å². The molecule has 1 N–H and O–H groups in total. The highest BCUT2D eigenvalue weighted by molar-refractivity contribution is 5.76. The van der Waals surface area contributed by atoms with Crippen LogP contribution in [0.4, 0.5) is 0 Å². The second-order valence-corrected chi connectivity index (χ2v) is 5.23. The summed E-state index contributed by atoms with van der Waals surface area (Å²) in [7, 11) is 1.61. The van der Waals surface area contributed by atoms with Gasteiger partial charge in [-0.25, -0.2) is 0 Å². The molecule has 18 heavy (non-hydrogen) atoms. The molecule has 1 aromatic carbocycles. The zero-order valence-electron chi connectivity index (χ0n) is 10.9. The Kier molecular flexibility index (Phi) is 3.07. The van der Waals surface area contributed by atoms with Crippen LogP contribution in [-0.4, -0.2) is 31.4 Å². The van der Waals surface area contributed by atoms with Crippen molar-refractivity contribution in [3.8, 4) is 5.75 Å². The van der Waals surface area contributed by atoms with Gasteiger partial charge in [0.15, 0.2) is 0 Å². The minimum absolute atomic E-state index is 0.443. The Labute approximate surface area is 107 Å². The molecule has 1 aromatic rings. The Hall–Kier alpha value is -1.55. The predicted octanol–water partition coefficient (Wildman–Crippen LogP) is 2.07. The van der Waals surface area contributed by atoms with Crippen molar-refractivity contribution in [2.24, 2.45) is 5.41 Å². The van der Waals surface area contributed by atoms with Crippen molar-refractivity contribution in [1.29, 1.82) is 0 Å². The Bertz CT molecular complexity index is 443. The van der Waals surface area contributed by atoms with Crippen LogP contribution < -0.4 is 4.74 Å². The molecule has 1 aliphatic heterocycles. The van der Waals surface area contributed by atoms with Crippen molar-refractivity contribution < 1.29 is 19.4 Å². The van der Waals surface area contributed by atoms with E-state index in [1.807, 2.05) is 24.3 Å². The third kappa shape index (κ3) is 1.68. The zero-order chi connectivity index (χ0) is 13.4. The number of methoxy groups -OCH3 is 1. The van der Waals surface area contributed by atoms with E-state index in [-0.39, 0.29) is 0 Å². The molecule has 98 valence electrons.